The van der Waals surface area contributed by atoms with E-state index in [4.69, 9.17) is 16.9 Å². The fourth-order valence-electron chi connectivity index (χ4n) is 1.27. The van der Waals surface area contributed by atoms with Crippen LogP contribution in [0.3, 0.4) is 0 Å². The van der Waals surface area contributed by atoms with Crippen LogP contribution in [-0.2, 0) is 21.8 Å². The maximum atomic E-state index is 13.8. The van der Waals surface area contributed by atoms with Crippen LogP contribution in [0.4, 0.5) is 4.39 Å². The minimum absolute atomic E-state index is 0.107. The van der Waals surface area contributed by atoms with Gasteiger partial charge in [-0.15, -0.1) is 11.6 Å². The van der Waals surface area contributed by atoms with Crippen molar-refractivity contribution in [3.8, 4) is 6.07 Å². The molecule has 0 atom stereocenters. The zero-order valence-corrected chi connectivity index (χ0v) is 9.34. The van der Waals surface area contributed by atoms with E-state index in [0.717, 1.165) is 0 Å². The number of nitrogens with zero attached hydrogens (tertiary/aromatic N) is 1. The summed E-state index contributed by atoms with van der Waals surface area (Å²) in [5.41, 5.74) is 0.480. The van der Waals surface area contributed by atoms with Gasteiger partial charge in [0.15, 0.2) is 0 Å². The first-order chi connectivity index (χ1) is 7.63. The fourth-order valence-corrected chi connectivity index (χ4v) is 1.53. The minimum Gasteiger partial charge on any atom is -0.469 e. The predicted octanol–water partition coefficient (Wildman–Crippen LogP) is 2.15. The fraction of sp³-hybridized carbons (Fsp3) is 0.273. The van der Waals surface area contributed by atoms with Crippen LogP contribution in [0, 0.1) is 17.1 Å². The molecule has 1 aromatic carbocycles. The molecule has 0 fully saturated rings. The van der Waals surface area contributed by atoms with E-state index in [1.165, 1.54) is 19.2 Å². The van der Waals surface area contributed by atoms with Gasteiger partial charge < -0.3 is 4.74 Å². The molecule has 0 heterocycles. The van der Waals surface area contributed by atoms with E-state index < -0.39 is 11.8 Å². The highest BCUT2D eigenvalue weighted by Crippen LogP contribution is 2.20. The van der Waals surface area contributed by atoms with Gasteiger partial charge in [0.05, 0.1) is 31.0 Å². The third kappa shape index (κ3) is 2.50. The smallest absolute Gasteiger partial charge is 0.310 e. The molecule has 16 heavy (non-hydrogen) atoms. The second-order valence-electron chi connectivity index (χ2n) is 3.06. The molecule has 0 saturated heterocycles. The van der Waals surface area contributed by atoms with E-state index in [9.17, 15) is 9.18 Å². The first-order valence-corrected chi connectivity index (χ1v) is 5.00. The Morgan fingerprint density at radius 3 is 2.81 bits per heavy atom. The van der Waals surface area contributed by atoms with E-state index in [2.05, 4.69) is 4.74 Å². The monoisotopic (exact) mass is 241 g/mol. The molecule has 0 unspecified atom stereocenters. The molecule has 0 spiro atoms. The standard InChI is InChI=1S/C11H9ClFNO2/c1-16-10(15)4-7-2-3-8(6-14)9(5-12)11(7)13/h2-3H,4-5H2,1H3. The van der Waals surface area contributed by atoms with Gasteiger partial charge in [-0.25, -0.2) is 4.39 Å². The van der Waals surface area contributed by atoms with E-state index >= 15 is 0 Å². The van der Waals surface area contributed by atoms with E-state index in [1.54, 1.807) is 0 Å². The molecule has 0 N–H and O–H groups in total. The van der Waals surface area contributed by atoms with Crippen LogP contribution in [0.25, 0.3) is 0 Å². The first-order valence-electron chi connectivity index (χ1n) is 4.47. The molecule has 0 bridgehead atoms. The van der Waals surface area contributed by atoms with Gasteiger partial charge in [-0.3, -0.25) is 4.79 Å². The van der Waals surface area contributed by atoms with E-state index in [0.29, 0.717) is 0 Å². The SMILES string of the molecule is COC(=O)Cc1ccc(C#N)c(CCl)c1F. The number of halogens is 2. The molecule has 0 aliphatic rings. The summed E-state index contributed by atoms with van der Waals surface area (Å²) in [5, 5.41) is 8.73. The minimum atomic E-state index is -0.612. The molecule has 0 amide bonds. The number of hydrogen-bond acceptors (Lipinski definition) is 3. The van der Waals surface area contributed by atoms with E-state index in [1.807, 2.05) is 6.07 Å². The van der Waals surface area contributed by atoms with Crippen molar-refractivity contribution in [3.63, 3.8) is 0 Å². The molecule has 1 rings (SSSR count). The molecular formula is C11H9ClFNO2. The summed E-state index contributed by atoms with van der Waals surface area (Å²) in [6.45, 7) is 0. The maximum Gasteiger partial charge on any atom is 0.310 e. The van der Waals surface area contributed by atoms with Crippen molar-refractivity contribution in [1.29, 1.82) is 5.26 Å². The van der Waals surface area contributed by atoms with Crippen molar-refractivity contribution in [3.05, 3.63) is 34.6 Å². The summed E-state index contributed by atoms with van der Waals surface area (Å²) in [6.07, 6.45) is -0.169. The van der Waals surface area contributed by atoms with Crippen LogP contribution in [0.15, 0.2) is 12.1 Å². The molecule has 0 aliphatic carbocycles. The van der Waals surface area contributed by atoms with E-state index in [-0.39, 0.29) is 29.0 Å². The van der Waals surface area contributed by atoms with Crippen molar-refractivity contribution in [2.75, 3.05) is 7.11 Å². The zero-order chi connectivity index (χ0) is 12.1. The van der Waals surface area contributed by atoms with Gasteiger partial charge in [0.2, 0.25) is 0 Å². The summed E-state index contributed by atoms with van der Waals surface area (Å²) < 4.78 is 18.2. The molecule has 0 aliphatic heterocycles. The molecule has 1 aromatic rings. The molecule has 0 saturated carbocycles. The summed E-state index contributed by atoms with van der Waals surface area (Å²) in [4.78, 5) is 11.0. The number of nitriles is 1. The Bertz CT molecular complexity index is 454. The van der Waals surface area contributed by atoms with Crippen molar-refractivity contribution >= 4 is 17.6 Å². The quantitative estimate of drug-likeness (QED) is 0.602. The average Bonchev–Trinajstić information content (AvgIpc) is 2.31. The number of carbonyl (C=O) groups excluding carboxylic acids is 1. The highest BCUT2D eigenvalue weighted by molar-refractivity contribution is 6.17. The zero-order valence-electron chi connectivity index (χ0n) is 8.59. The molecular weight excluding hydrogens is 233 g/mol. The normalized spacial score (nSPS) is 9.62. The van der Waals surface area contributed by atoms with Crippen molar-refractivity contribution < 1.29 is 13.9 Å². The van der Waals surface area contributed by atoms with Gasteiger partial charge in [0, 0.05) is 5.56 Å². The van der Waals surface area contributed by atoms with Crippen LogP contribution in [-0.4, -0.2) is 13.1 Å². The summed E-state index contributed by atoms with van der Waals surface area (Å²) >= 11 is 5.55. The number of ether oxygens (including phenoxy) is 1. The third-order valence-electron chi connectivity index (χ3n) is 2.14. The molecule has 3 nitrogen and oxygen atoms in total. The number of alkyl halides is 1. The Hall–Kier alpha value is -1.60. The number of rotatable bonds is 3. The third-order valence-corrected chi connectivity index (χ3v) is 2.41. The number of esters is 1. The largest absolute Gasteiger partial charge is 0.469 e. The van der Waals surface area contributed by atoms with Crippen LogP contribution >= 0.6 is 11.6 Å². The van der Waals surface area contributed by atoms with Gasteiger partial charge in [0.1, 0.15) is 5.82 Å². The van der Waals surface area contributed by atoms with Crippen LogP contribution < -0.4 is 0 Å². The molecule has 84 valence electrons. The Labute approximate surface area is 97.4 Å². The highest BCUT2D eigenvalue weighted by Gasteiger charge is 2.14. The van der Waals surface area contributed by atoms with Crippen LogP contribution in [0.1, 0.15) is 16.7 Å². The van der Waals surface area contributed by atoms with Gasteiger partial charge in [-0.05, 0) is 11.6 Å². The predicted molar refractivity (Wildman–Crippen MR) is 56.4 cm³/mol. The van der Waals surface area contributed by atoms with Gasteiger partial charge in [0.25, 0.3) is 0 Å². The lowest BCUT2D eigenvalue weighted by atomic mass is 10.0. The second kappa shape index (κ2) is 5.47. The Balaban J connectivity index is 3.15. The lowest BCUT2D eigenvalue weighted by molar-refractivity contribution is -0.139. The number of benzene rings is 1. The molecule has 0 radical (unpaired) electrons. The Morgan fingerprint density at radius 2 is 2.31 bits per heavy atom. The van der Waals surface area contributed by atoms with Crippen LogP contribution in [0.2, 0.25) is 0 Å². The van der Waals surface area contributed by atoms with Gasteiger partial charge >= 0.3 is 5.97 Å². The average molecular weight is 242 g/mol. The van der Waals surface area contributed by atoms with Gasteiger partial charge in [-0.1, -0.05) is 6.07 Å². The summed E-state index contributed by atoms with van der Waals surface area (Å²) in [6, 6.07) is 4.67. The Kier molecular flexibility index (Phi) is 4.27. The first kappa shape index (κ1) is 12.5. The van der Waals surface area contributed by atoms with Crippen molar-refractivity contribution in [1.82, 2.24) is 0 Å². The van der Waals surface area contributed by atoms with Gasteiger partial charge in [-0.2, -0.15) is 5.26 Å². The lowest BCUT2D eigenvalue weighted by Crippen LogP contribution is -2.08. The van der Waals surface area contributed by atoms with Crippen molar-refractivity contribution in [2.45, 2.75) is 12.3 Å². The van der Waals surface area contributed by atoms with Crippen molar-refractivity contribution in [2.24, 2.45) is 0 Å². The topological polar surface area (TPSA) is 50.1 Å². The molecule has 5 heteroatoms. The lowest BCUT2D eigenvalue weighted by Gasteiger charge is -2.07. The molecule has 0 aromatic heterocycles. The maximum absolute atomic E-state index is 13.8. The number of carbonyl (C=O) groups is 1. The van der Waals surface area contributed by atoms with Crippen LogP contribution in [0.5, 0.6) is 0 Å². The highest BCUT2D eigenvalue weighted by atomic mass is 35.5. The second-order valence-corrected chi connectivity index (χ2v) is 3.33. The summed E-state index contributed by atoms with van der Waals surface area (Å²) in [5.74, 6) is -1.26. The summed E-state index contributed by atoms with van der Waals surface area (Å²) in [7, 11) is 1.23. The Morgan fingerprint density at radius 1 is 1.62 bits per heavy atom. The number of hydrogen-bond donors (Lipinski definition) is 0. The number of methoxy groups -OCH3 is 1.